The lowest BCUT2D eigenvalue weighted by Crippen LogP contribution is -2.27. The summed E-state index contributed by atoms with van der Waals surface area (Å²) >= 11 is 0. The lowest BCUT2D eigenvalue weighted by molar-refractivity contribution is -0.120. The van der Waals surface area contributed by atoms with E-state index in [9.17, 15) is 4.79 Å². The first-order valence-corrected chi connectivity index (χ1v) is 5.15. The fraction of sp³-hybridized carbons (Fsp3) is 0.364. The highest BCUT2D eigenvalue weighted by molar-refractivity contribution is 6.01. The molecule has 3 rings (SSSR count). The van der Waals surface area contributed by atoms with Crippen molar-refractivity contribution >= 4 is 23.0 Å². The van der Waals surface area contributed by atoms with E-state index < -0.39 is 0 Å². The Morgan fingerprint density at radius 2 is 2.07 bits per heavy atom. The van der Waals surface area contributed by atoms with Crippen molar-refractivity contribution < 1.29 is 4.79 Å². The van der Waals surface area contributed by atoms with Gasteiger partial charge in [0.2, 0.25) is 5.91 Å². The molecule has 0 radical (unpaired) electrons. The first kappa shape index (κ1) is 8.59. The van der Waals surface area contributed by atoms with E-state index in [0.717, 1.165) is 30.8 Å². The summed E-state index contributed by atoms with van der Waals surface area (Å²) in [6.07, 6.45) is 1.96. The average molecular weight is 203 g/mol. The Balaban J connectivity index is 2.00. The molecule has 1 aliphatic heterocycles. The van der Waals surface area contributed by atoms with E-state index in [2.05, 4.69) is 10.6 Å². The zero-order valence-corrected chi connectivity index (χ0v) is 8.34. The summed E-state index contributed by atoms with van der Waals surface area (Å²) in [7, 11) is 0. The van der Waals surface area contributed by atoms with Crippen molar-refractivity contribution in [1.29, 1.82) is 0 Å². The van der Waals surface area contributed by atoms with Gasteiger partial charge in [0, 0.05) is 12.2 Å². The number of benzene rings is 1. The maximum atomic E-state index is 11.9. The second kappa shape index (κ2) is 2.66. The van der Waals surface area contributed by atoms with Gasteiger partial charge >= 0.3 is 0 Å². The fourth-order valence-electron chi connectivity index (χ4n) is 1.97. The van der Waals surface area contributed by atoms with E-state index in [0.29, 0.717) is 5.69 Å². The summed E-state index contributed by atoms with van der Waals surface area (Å²) in [5.74, 6) is 0.138. The van der Waals surface area contributed by atoms with Crippen LogP contribution in [0.25, 0.3) is 0 Å². The van der Waals surface area contributed by atoms with E-state index in [-0.39, 0.29) is 11.3 Å². The molecule has 1 amide bonds. The van der Waals surface area contributed by atoms with Crippen LogP contribution < -0.4 is 16.4 Å². The van der Waals surface area contributed by atoms with Crippen molar-refractivity contribution in [3.8, 4) is 0 Å². The normalized spacial score (nSPS) is 21.2. The third-order valence-electron chi connectivity index (χ3n) is 3.24. The highest BCUT2D eigenvalue weighted by Crippen LogP contribution is 2.48. The number of nitrogen functional groups attached to an aromatic ring is 1. The van der Waals surface area contributed by atoms with Gasteiger partial charge in [-0.05, 0) is 31.0 Å². The maximum Gasteiger partial charge on any atom is 0.232 e. The van der Waals surface area contributed by atoms with E-state index in [4.69, 9.17) is 5.73 Å². The van der Waals surface area contributed by atoms with Gasteiger partial charge in [0.25, 0.3) is 0 Å². The molecule has 4 heteroatoms. The minimum Gasteiger partial charge on any atom is -0.399 e. The number of hydrogen-bond donors (Lipinski definition) is 3. The smallest absolute Gasteiger partial charge is 0.232 e. The molecule has 4 N–H and O–H groups in total. The van der Waals surface area contributed by atoms with Crippen LogP contribution in [-0.4, -0.2) is 12.5 Å². The zero-order valence-electron chi connectivity index (χ0n) is 8.34. The van der Waals surface area contributed by atoms with Gasteiger partial charge in [-0.3, -0.25) is 4.79 Å². The van der Waals surface area contributed by atoms with Gasteiger partial charge in [0.05, 0.1) is 16.8 Å². The summed E-state index contributed by atoms with van der Waals surface area (Å²) in [4.78, 5) is 11.9. The summed E-state index contributed by atoms with van der Waals surface area (Å²) in [5.41, 5.74) is 8.00. The number of anilines is 3. The molecule has 1 aromatic rings. The van der Waals surface area contributed by atoms with Crippen LogP contribution >= 0.6 is 0 Å². The first-order chi connectivity index (χ1) is 7.20. The molecule has 1 saturated carbocycles. The number of rotatable bonds is 0. The molecule has 0 bridgehead atoms. The Morgan fingerprint density at radius 1 is 1.27 bits per heavy atom. The van der Waals surface area contributed by atoms with Crippen LogP contribution in [0.1, 0.15) is 12.8 Å². The molecule has 1 heterocycles. The minimum atomic E-state index is -0.159. The molecule has 1 aliphatic carbocycles. The SMILES string of the molecule is Nc1ccc2c(c1)NCC1(CC1)C(=O)N2. The van der Waals surface area contributed by atoms with Gasteiger partial charge in [-0.25, -0.2) is 0 Å². The van der Waals surface area contributed by atoms with Gasteiger partial charge in [-0.1, -0.05) is 0 Å². The van der Waals surface area contributed by atoms with Gasteiger partial charge in [0.15, 0.2) is 0 Å². The monoisotopic (exact) mass is 203 g/mol. The largest absolute Gasteiger partial charge is 0.399 e. The Bertz CT molecular complexity index is 437. The molecule has 1 spiro atoms. The topological polar surface area (TPSA) is 67.1 Å². The maximum absolute atomic E-state index is 11.9. The van der Waals surface area contributed by atoms with Crippen molar-refractivity contribution in [2.45, 2.75) is 12.8 Å². The third-order valence-corrected chi connectivity index (χ3v) is 3.24. The first-order valence-electron chi connectivity index (χ1n) is 5.15. The quantitative estimate of drug-likeness (QED) is 0.558. The molecule has 0 unspecified atom stereocenters. The Labute approximate surface area is 87.8 Å². The average Bonchev–Trinajstić information content (AvgIpc) is 3.00. The van der Waals surface area contributed by atoms with Crippen LogP contribution in [0, 0.1) is 5.41 Å². The molecule has 1 aromatic carbocycles. The molecule has 1 fully saturated rings. The van der Waals surface area contributed by atoms with Crippen LogP contribution in [0.15, 0.2) is 18.2 Å². The van der Waals surface area contributed by atoms with Gasteiger partial charge in [-0.2, -0.15) is 0 Å². The number of hydrogen-bond acceptors (Lipinski definition) is 3. The van der Waals surface area contributed by atoms with E-state index in [1.54, 1.807) is 6.07 Å². The number of nitrogens with two attached hydrogens (primary N) is 1. The van der Waals surface area contributed by atoms with Crippen LogP contribution in [0.3, 0.4) is 0 Å². The van der Waals surface area contributed by atoms with Crippen molar-refractivity contribution in [3.05, 3.63) is 18.2 Å². The Hall–Kier alpha value is -1.71. The van der Waals surface area contributed by atoms with Gasteiger partial charge in [-0.15, -0.1) is 0 Å². The zero-order chi connectivity index (χ0) is 10.5. The van der Waals surface area contributed by atoms with Crippen LogP contribution in [0.5, 0.6) is 0 Å². The molecular formula is C11H13N3O. The molecule has 0 atom stereocenters. The summed E-state index contributed by atoms with van der Waals surface area (Å²) < 4.78 is 0. The highest BCUT2D eigenvalue weighted by atomic mass is 16.2. The van der Waals surface area contributed by atoms with E-state index >= 15 is 0 Å². The number of nitrogens with one attached hydrogen (secondary N) is 2. The second-order valence-electron chi connectivity index (χ2n) is 4.39. The van der Waals surface area contributed by atoms with Crippen LogP contribution in [0.2, 0.25) is 0 Å². The van der Waals surface area contributed by atoms with E-state index in [1.165, 1.54) is 0 Å². The van der Waals surface area contributed by atoms with Gasteiger partial charge < -0.3 is 16.4 Å². The lowest BCUT2D eigenvalue weighted by atomic mass is 10.1. The lowest BCUT2D eigenvalue weighted by Gasteiger charge is -2.09. The predicted octanol–water partition coefficient (Wildman–Crippen LogP) is 1.41. The fourth-order valence-corrected chi connectivity index (χ4v) is 1.97. The van der Waals surface area contributed by atoms with Crippen molar-refractivity contribution in [1.82, 2.24) is 0 Å². The minimum absolute atomic E-state index is 0.138. The second-order valence-corrected chi connectivity index (χ2v) is 4.39. The van der Waals surface area contributed by atoms with Crippen LogP contribution in [-0.2, 0) is 4.79 Å². The number of fused-ring (bicyclic) bond motifs is 1. The summed E-state index contributed by atoms with van der Waals surface area (Å²) in [6, 6.07) is 5.50. The van der Waals surface area contributed by atoms with Gasteiger partial charge in [0.1, 0.15) is 0 Å². The molecule has 4 nitrogen and oxygen atoms in total. The highest BCUT2D eigenvalue weighted by Gasteiger charge is 2.50. The van der Waals surface area contributed by atoms with Crippen molar-refractivity contribution in [2.75, 3.05) is 22.9 Å². The van der Waals surface area contributed by atoms with Crippen LogP contribution in [0.4, 0.5) is 17.1 Å². The predicted molar refractivity (Wildman–Crippen MR) is 59.6 cm³/mol. The molecule has 0 saturated heterocycles. The third kappa shape index (κ3) is 1.25. The Morgan fingerprint density at radius 3 is 2.80 bits per heavy atom. The van der Waals surface area contributed by atoms with Crippen molar-refractivity contribution in [3.63, 3.8) is 0 Å². The standard InChI is InChI=1S/C11H13N3O/c12-7-1-2-8-9(5-7)13-6-11(3-4-11)10(15)14-8/h1-2,5,13H,3-4,6,12H2,(H,14,15). The van der Waals surface area contributed by atoms with Crippen molar-refractivity contribution in [2.24, 2.45) is 5.41 Å². The number of carbonyl (C=O) groups is 1. The summed E-state index contributed by atoms with van der Waals surface area (Å²) in [5, 5.41) is 6.23. The molecule has 15 heavy (non-hydrogen) atoms. The molecular weight excluding hydrogens is 190 g/mol. The summed E-state index contributed by atoms with van der Waals surface area (Å²) in [6.45, 7) is 0.718. The number of amides is 1. The Kier molecular flexibility index (Phi) is 1.52. The molecule has 0 aromatic heterocycles. The molecule has 2 aliphatic rings. The number of carbonyl (C=O) groups excluding carboxylic acids is 1. The molecule has 78 valence electrons. The van der Waals surface area contributed by atoms with E-state index in [1.807, 2.05) is 12.1 Å².